The second-order valence-corrected chi connectivity index (χ2v) is 4.22. The Labute approximate surface area is 120 Å². The van der Waals surface area contributed by atoms with Crippen LogP contribution < -0.4 is 4.74 Å². The van der Waals surface area contributed by atoms with Crippen molar-refractivity contribution in [1.29, 1.82) is 0 Å². The molecule has 7 heteroatoms. The van der Waals surface area contributed by atoms with Crippen molar-refractivity contribution in [2.24, 2.45) is 0 Å². The van der Waals surface area contributed by atoms with Crippen molar-refractivity contribution in [3.8, 4) is 5.75 Å². The summed E-state index contributed by atoms with van der Waals surface area (Å²) in [7, 11) is 1.34. The normalized spacial score (nSPS) is 10.5. The van der Waals surface area contributed by atoms with E-state index in [1.807, 2.05) is 0 Å². The molecule has 0 amide bonds. The molecular weight excluding hydrogens is 272 g/mol. The molecule has 0 saturated heterocycles. The summed E-state index contributed by atoms with van der Waals surface area (Å²) in [6, 6.07) is 6.83. The zero-order chi connectivity index (χ0) is 14.7. The summed E-state index contributed by atoms with van der Waals surface area (Å²) in [5.41, 5.74) is 0.986. The van der Waals surface area contributed by atoms with Crippen LogP contribution in [0.4, 0.5) is 0 Å². The molecule has 0 N–H and O–H groups in total. The van der Waals surface area contributed by atoms with E-state index in [9.17, 15) is 4.79 Å². The van der Waals surface area contributed by atoms with Crippen LogP contribution in [0.2, 0.25) is 0 Å². The van der Waals surface area contributed by atoms with Gasteiger partial charge in [-0.25, -0.2) is 14.3 Å². The Balaban J connectivity index is 1.79. The Morgan fingerprint density at radius 3 is 3.05 bits per heavy atom. The Morgan fingerprint density at radius 2 is 2.29 bits per heavy atom. The van der Waals surface area contributed by atoms with Gasteiger partial charge >= 0.3 is 5.97 Å². The van der Waals surface area contributed by atoms with Gasteiger partial charge in [0.15, 0.2) is 11.5 Å². The molecule has 106 valence electrons. The van der Waals surface area contributed by atoms with E-state index in [4.69, 9.17) is 4.74 Å². The van der Waals surface area contributed by atoms with Gasteiger partial charge in [0.1, 0.15) is 12.4 Å². The van der Waals surface area contributed by atoms with Crippen molar-refractivity contribution in [1.82, 2.24) is 19.6 Å². The average molecular weight is 284 g/mol. The summed E-state index contributed by atoms with van der Waals surface area (Å²) in [5.74, 6) is 0.751. The lowest BCUT2D eigenvalue weighted by atomic mass is 10.3. The first-order valence-electron chi connectivity index (χ1n) is 6.23. The molecule has 0 aliphatic heterocycles. The molecule has 0 saturated carbocycles. The maximum Gasteiger partial charge on any atom is 0.338 e. The summed E-state index contributed by atoms with van der Waals surface area (Å²) in [4.78, 5) is 19.7. The third kappa shape index (κ3) is 2.81. The maximum atomic E-state index is 11.5. The van der Waals surface area contributed by atoms with Crippen LogP contribution in [0, 0.1) is 0 Å². The van der Waals surface area contributed by atoms with Gasteiger partial charge in [-0.3, -0.25) is 4.98 Å². The van der Waals surface area contributed by atoms with Gasteiger partial charge < -0.3 is 9.47 Å². The highest BCUT2D eigenvalue weighted by Gasteiger charge is 2.09. The van der Waals surface area contributed by atoms with Crippen LogP contribution in [-0.2, 0) is 11.3 Å². The number of methoxy groups -OCH3 is 1. The van der Waals surface area contributed by atoms with Crippen LogP contribution in [-0.4, -0.2) is 32.7 Å². The summed E-state index contributed by atoms with van der Waals surface area (Å²) in [6.45, 7) is 0.223. The highest BCUT2D eigenvalue weighted by atomic mass is 16.5. The Morgan fingerprint density at radius 1 is 1.38 bits per heavy atom. The largest absolute Gasteiger partial charge is 0.484 e. The summed E-state index contributed by atoms with van der Waals surface area (Å²) in [5, 5.41) is 4.26. The van der Waals surface area contributed by atoms with Crippen molar-refractivity contribution in [2.75, 3.05) is 7.11 Å². The van der Waals surface area contributed by atoms with E-state index in [0.29, 0.717) is 22.8 Å². The van der Waals surface area contributed by atoms with E-state index in [2.05, 4.69) is 19.8 Å². The van der Waals surface area contributed by atoms with Crippen LogP contribution in [0.5, 0.6) is 5.75 Å². The molecule has 0 radical (unpaired) electrons. The van der Waals surface area contributed by atoms with Gasteiger partial charge in [0, 0.05) is 12.4 Å². The first-order valence-corrected chi connectivity index (χ1v) is 6.23. The molecule has 3 aromatic rings. The molecule has 0 unspecified atom stereocenters. The minimum absolute atomic E-state index is 0.223. The molecule has 0 fully saturated rings. The number of esters is 1. The van der Waals surface area contributed by atoms with E-state index in [1.54, 1.807) is 47.4 Å². The van der Waals surface area contributed by atoms with Crippen molar-refractivity contribution in [3.63, 3.8) is 0 Å². The van der Waals surface area contributed by atoms with E-state index < -0.39 is 5.97 Å². The number of aromatic nitrogens is 4. The number of rotatable bonds is 4. The number of carbonyl (C=O) groups excluding carboxylic acids is 1. The first kappa shape index (κ1) is 13.0. The molecule has 3 aromatic heterocycles. The predicted molar refractivity (Wildman–Crippen MR) is 72.9 cm³/mol. The molecule has 3 rings (SSSR count). The minimum Gasteiger partial charge on any atom is -0.484 e. The predicted octanol–water partition coefficient (Wildman–Crippen LogP) is 1.49. The Hall–Kier alpha value is -2.96. The molecular formula is C14H12N4O3. The van der Waals surface area contributed by atoms with Crippen LogP contribution in [0.15, 0.2) is 42.9 Å². The maximum absolute atomic E-state index is 11.5. The molecule has 21 heavy (non-hydrogen) atoms. The van der Waals surface area contributed by atoms with Gasteiger partial charge in [-0.15, -0.1) is 5.10 Å². The van der Waals surface area contributed by atoms with Gasteiger partial charge in [-0.05, 0) is 24.3 Å². The number of carbonyl (C=O) groups is 1. The van der Waals surface area contributed by atoms with Crippen LogP contribution in [0.3, 0.4) is 0 Å². The molecule has 0 aliphatic carbocycles. The fourth-order valence-electron chi connectivity index (χ4n) is 1.81. The Bertz CT molecular complexity index is 770. The summed E-state index contributed by atoms with van der Waals surface area (Å²) in [6.07, 6.45) is 4.94. The first-order chi connectivity index (χ1) is 10.3. The second kappa shape index (κ2) is 5.58. The number of nitrogens with zero attached hydrogens (tertiary/aromatic N) is 4. The number of fused-ring (bicyclic) bond motifs is 1. The standard InChI is InChI=1S/C14H12N4O3/c1-20-14(19)10-4-6-18-13(7-10)16-12(17-18)9-21-11-3-2-5-15-8-11/h2-8H,9H2,1H3. The van der Waals surface area contributed by atoms with Crippen molar-refractivity contribution in [2.45, 2.75) is 6.61 Å². The molecule has 0 atom stereocenters. The fraction of sp³-hybridized carbons (Fsp3) is 0.143. The third-order valence-corrected chi connectivity index (χ3v) is 2.80. The van der Waals surface area contributed by atoms with Crippen molar-refractivity contribution >= 4 is 11.6 Å². The number of hydrogen-bond donors (Lipinski definition) is 0. The molecule has 7 nitrogen and oxygen atoms in total. The topological polar surface area (TPSA) is 78.6 Å². The van der Waals surface area contributed by atoms with Gasteiger partial charge in [0.2, 0.25) is 0 Å². The number of hydrogen-bond acceptors (Lipinski definition) is 6. The molecule has 0 spiro atoms. The lowest BCUT2D eigenvalue weighted by molar-refractivity contribution is 0.0600. The fourth-order valence-corrected chi connectivity index (χ4v) is 1.81. The summed E-state index contributed by atoms with van der Waals surface area (Å²) < 4.78 is 11.8. The zero-order valence-electron chi connectivity index (χ0n) is 11.3. The van der Waals surface area contributed by atoms with E-state index in [0.717, 1.165) is 0 Å². The highest BCUT2D eigenvalue weighted by molar-refractivity contribution is 5.90. The van der Waals surface area contributed by atoms with Gasteiger partial charge in [0.05, 0.1) is 18.9 Å². The quantitative estimate of drug-likeness (QED) is 0.675. The van der Waals surface area contributed by atoms with Crippen molar-refractivity contribution in [3.05, 3.63) is 54.2 Å². The van der Waals surface area contributed by atoms with Gasteiger partial charge in [-0.1, -0.05) is 0 Å². The average Bonchev–Trinajstić information content (AvgIpc) is 2.95. The molecule has 3 heterocycles. The van der Waals surface area contributed by atoms with Crippen LogP contribution >= 0.6 is 0 Å². The lowest BCUT2D eigenvalue weighted by Crippen LogP contribution is -2.02. The SMILES string of the molecule is COC(=O)c1ccn2nc(COc3cccnc3)nc2c1. The van der Waals surface area contributed by atoms with Crippen molar-refractivity contribution < 1.29 is 14.3 Å². The smallest absolute Gasteiger partial charge is 0.338 e. The lowest BCUT2D eigenvalue weighted by Gasteiger charge is -2.00. The van der Waals surface area contributed by atoms with E-state index >= 15 is 0 Å². The van der Waals surface area contributed by atoms with Gasteiger partial charge in [-0.2, -0.15) is 0 Å². The number of ether oxygens (including phenoxy) is 2. The minimum atomic E-state index is -0.409. The summed E-state index contributed by atoms with van der Waals surface area (Å²) >= 11 is 0. The van der Waals surface area contributed by atoms with Crippen LogP contribution in [0.25, 0.3) is 5.65 Å². The van der Waals surface area contributed by atoms with E-state index in [1.165, 1.54) is 7.11 Å². The van der Waals surface area contributed by atoms with E-state index in [-0.39, 0.29) is 6.61 Å². The zero-order valence-corrected chi connectivity index (χ0v) is 11.3. The number of pyridine rings is 2. The highest BCUT2D eigenvalue weighted by Crippen LogP contribution is 2.10. The third-order valence-electron chi connectivity index (χ3n) is 2.80. The molecule has 0 aromatic carbocycles. The molecule has 0 bridgehead atoms. The monoisotopic (exact) mass is 284 g/mol. The van der Waals surface area contributed by atoms with Crippen LogP contribution in [0.1, 0.15) is 16.2 Å². The molecule has 0 aliphatic rings. The Kier molecular flexibility index (Phi) is 3.46. The second-order valence-electron chi connectivity index (χ2n) is 4.22. The van der Waals surface area contributed by atoms with Gasteiger partial charge in [0.25, 0.3) is 0 Å².